The average molecular weight is 332 g/mol. The lowest BCUT2D eigenvalue weighted by Crippen LogP contribution is -2.29. The number of hydrogen-bond donors (Lipinski definition) is 2. The van der Waals surface area contributed by atoms with Crippen LogP contribution in [0.1, 0.15) is 49.7 Å². The zero-order valence-corrected chi connectivity index (χ0v) is 14.9. The van der Waals surface area contributed by atoms with Crippen molar-refractivity contribution in [1.29, 1.82) is 0 Å². The van der Waals surface area contributed by atoms with Gasteiger partial charge in [-0.3, -0.25) is 9.59 Å². The zero-order valence-electron chi connectivity index (χ0n) is 14.9. The van der Waals surface area contributed by atoms with Gasteiger partial charge in [0.25, 0.3) is 0 Å². The minimum absolute atomic E-state index is 0.0370. The smallest absolute Gasteiger partial charge is 0.220 e. The molecule has 132 valence electrons. The molecule has 1 atom stereocenters. The van der Waals surface area contributed by atoms with Gasteiger partial charge in [-0.15, -0.1) is 0 Å². The van der Waals surface area contributed by atoms with E-state index in [9.17, 15) is 9.59 Å². The minimum Gasteiger partial charge on any atom is -0.496 e. The second-order valence-electron chi connectivity index (χ2n) is 6.56. The monoisotopic (exact) mass is 332 g/mol. The molecule has 2 N–H and O–H groups in total. The van der Waals surface area contributed by atoms with Gasteiger partial charge in [-0.1, -0.05) is 12.1 Å². The molecule has 0 saturated heterocycles. The van der Waals surface area contributed by atoms with Gasteiger partial charge in [-0.05, 0) is 55.2 Å². The van der Waals surface area contributed by atoms with Gasteiger partial charge in [-0.25, -0.2) is 0 Å². The number of amides is 2. The summed E-state index contributed by atoms with van der Waals surface area (Å²) in [4.78, 5) is 23.0. The molecule has 2 amide bonds. The number of rotatable bonds is 9. The van der Waals surface area contributed by atoms with E-state index in [2.05, 4.69) is 22.8 Å². The van der Waals surface area contributed by atoms with Crippen LogP contribution < -0.4 is 15.4 Å². The molecule has 0 aliphatic heterocycles. The standard InChI is InChI=1S/C19H28N2O3/c1-13-11-16(7-8-18(13)24-3)17(15-5-6-15)12-19(23)21-10-4-9-20-14(2)22/h7-8,11,15,17H,4-6,9-10,12H2,1-3H3,(H,20,22)(H,21,23). The molecule has 1 aromatic rings. The molecule has 0 heterocycles. The molecule has 1 aromatic carbocycles. The maximum Gasteiger partial charge on any atom is 0.220 e. The molecule has 0 spiro atoms. The normalized spacial score (nSPS) is 14.8. The molecule has 1 unspecified atom stereocenters. The zero-order chi connectivity index (χ0) is 17.5. The molecule has 1 saturated carbocycles. The first kappa shape index (κ1) is 18.3. The summed E-state index contributed by atoms with van der Waals surface area (Å²) in [5.74, 6) is 1.83. The number of carbonyl (C=O) groups is 2. The molecule has 5 heteroatoms. The van der Waals surface area contributed by atoms with Crippen molar-refractivity contribution in [2.75, 3.05) is 20.2 Å². The quantitative estimate of drug-likeness (QED) is 0.683. The molecular weight excluding hydrogens is 304 g/mol. The fourth-order valence-electron chi connectivity index (χ4n) is 3.04. The summed E-state index contributed by atoms with van der Waals surface area (Å²) in [5, 5.41) is 5.69. The van der Waals surface area contributed by atoms with E-state index in [0.29, 0.717) is 25.4 Å². The SMILES string of the molecule is COc1ccc(C(CC(=O)NCCCNC(C)=O)C2CC2)cc1C. The summed E-state index contributed by atoms with van der Waals surface area (Å²) in [6.07, 6.45) is 3.68. The van der Waals surface area contributed by atoms with Crippen LogP contribution in [0.25, 0.3) is 0 Å². The van der Waals surface area contributed by atoms with Crippen LogP contribution in [0.2, 0.25) is 0 Å². The Balaban J connectivity index is 1.86. The summed E-state index contributed by atoms with van der Waals surface area (Å²) in [6.45, 7) is 4.72. The van der Waals surface area contributed by atoms with E-state index < -0.39 is 0 Å². The highest BCUT2D eigenvalue weighted by molar-refractivity contribution is 5.77. The molecule has 0 bridgehead atoms. The lowest BCUT2D eigenvalue weighted by molar-refractivity contribution is -0.121. The average Bonchev–Trinajstić information content (AvgIpc) is 3.36. The number of aryl methyl sites for hydroxylation is 1. The van der Waals surface area contributed by atoms with Gasteiger partial charge in [0.05, 0.1) is 7.11 Å². The fraction of sp³-hybridized carbons (Fsp3) is 0.579. The second kappa shape index (κ2) is 8.71. The third kappa shape index (κ3) is 5.55. The first-order valence-electron chi connectivity index (χ1n) is 8.67. The van der Waals surface area contributed by atoms with Crippen LogP contribution >= 0.6 is 0 Å². The number of carbonyl (C=O) groups excluding carboxylic acids is 2. The maximum atomic E-state index is 12.2. The molecule has 2 rings (SSSR count). The highest BCUT2D eigenvalue weighted by atomic mass is 16.5. The van der Waals surface area contributed by atoms with Crippen LogP contribution in [0.15, 0.2) is 18.2 Å². The highest BCUT2D eigenvalue weighted by Crippen LogP contribution is 2.45. The van der Waals surface area contributed by atoms with Gasteiger partial charge in [0.2, 0.25) is 11.8 Å². The van der Waals surface area contributed by atoms with Crippen molar-refractivity contribution in [3.63, 3.8) is 0 Å². The first-order valence-corrected chi connectivity index (χ1v) is 8.67. The highest BCUT2D eigenvalue weighted by Gasteiger charge is 2.33. The molecule has 0 radical (unpaired) electrons. The Bertz CT molecular complexity index is 582. The van der Waals surface area contributed by atoms with Crippen molar-refractivity contribution in [2.45, 2.75) is 45.4 Å². The maximum absolute atomic E-state index is 12.2. The van der Waals surface area contributed by atoms with Crippen LogP contribution in [-0.2, 0) is 9.59 Å². The molecule has 1 aliphatic carbocycles. The number of nitrogens with one attached hydrogen (secondary N) is 2. The van der Waals surface area contributed by atoms with Gasteiger partial charge < -0.3 is 15.4 Å². The number of ether oxygens (including phenoxy) is 1. The Kier molecular flexibility index (Phi) is 6.64. The molecule has 24 heavy (non-hydrogen) atoms. The van der Waals surface area contributed by atoms with Gasteiger partial charge in [-0.2, -0.15) is 0 Å². The van der Waals surface area contributed by atoms with Gasteiger partial charge in [0.1, 0.15) is 5.75 Å². The molecule has 0 aromatic heterocycles. The Morgan fingerprint density at radius 3 is 2.54 bits per heavy atom. The van der Waals surface area contributed by atoms with Crippen molar-refractivity contribution >= 4 is 11.8 Å². The van der Waals surface area contributed by atoms with E-state index in [0.717, 1.165) is 17.7 Å². The van der Waals surface area contributed by atoms with Gasteiger partial charge in [0, 0.05) is 26.4 Å². The molecular formula is C19H28N2O3. The summed E-state index contributed by atoms with van der Waals surface area (Å²) in [7, 11) is 1.68. The number of methoxy groups -OCH3 is 1. The van der Waals surface area contributed by atoms with E-state index in [1.54, 1.807) is 7.11 Å². The Morgan fingerprint density at radius 2 is 1.96 bits per heavy atom. The molecule has 1 aliphatic rings. The lowest BCUT2D eigenvalue weighted by atomic mass is 9.89. The van der Waals surface area contributed by atoms with Crippen LogP contribution in [0, 0.1) is 12.8 Å². The van der Waals surface area contributed by atoms with Crippen LogP contribution in [0.3, 0.4) is 0 Å². The van der Waals surface area contributed by atoms with Gasteiger partial charge >= 0.3 is 0 Å². The number of benzene rings is 1. The lowest BCUT2D eigenvalue weighted by Gasteiger charge is -2.18. The second-order valence-corrected chi connectivity index (χ2v) is 6.56. The minimum atomic E-state index is -0.0370. The number of hydrogen-bond acceptors (Lipinski definition) is 3. The summed E-state index contributed by atoms with van der Waals surface area (Å²) in [6, 6.07) is 6.22. The Hall–Kier alpha value is -2.04. The Labute approximate surface area is 144 Å². The largest absolute Gasteiger partial charge is 0.496 e. The predicted octanol–water partition coefficient (Wildman–Crippen LogP) is 2.53. The van der Waals surface area contributed by atoms with Crippen molar-refractivity contribution in [1.82, 2.24) is 10.6 Å². The first-order chi connectivity index (χ1) is 11.5. The van der Waals surface area contributed by atoms with Crippen LogP contribution in [-0.4, -0.2) is 32.0 Å². The third-order valence-electron chi connectivity index (χ3n) is 4.49. The van der Waals surface area contributed by atoms with E-state index >= 15 is 0 Å². The Morgan fingerprint density at radius 1 is 1.25 bits per heavy atom. The van der Waals surface area contributed by atoms with Crippen LogP contribution in [0.4, 0.5) is 0 Å². The van der Waals surface area contributed by atoms with Crippen molar-refractivity contribution < 1.29 is 14.3 Å². The topological polar surface area (TPSA) is 67.4 Å². The van der Waals surface area contributed by atoms with Crippen molar-refractivity contribution in [2.24, 2.45) is 5.92 Å². The van der Waals surface area contributed by atoms with E-state index in [-0.39, 0.29) is 17.7 Å². The molecule has 5 nitrogen and oxygen atoms in total. The summed E-state index contributed by atoms with van der Waals surface area (Å²) >= 11 is 0. The van der Waals surface area contributed by atoms with Crippen LogP contribution in [0.5, 0.6) is 5.75 Å². The fourth-order valence-corrected chi connectivity index (χ4v) is 3.04. The van der Waals surface area contributed by atoms with Crippen molar-refractivity contribution in [3.05, 3.63) is 29.3 Å². The van der Waals surface area contributed by atoms with Gasteiger partial charge in [0.15, 0.2) is 0 Å². The third-order valence-corrected chi connectivity index (χ3v) is 4.49. The summed E-state index contributed by atoms with van der Waals surface area (Å²) in [5.41, 5.74) is 2.33. The predicted molar refractivity (Wildman–Crippen MR) is 94.1 cm³/mol. The van der Waals surface area contributed by atoms with E-state index in [4.69, 9.17) is 4.74 Å². The molecule has 1 fully saturated rings. The van der Waals surface area contributed by atoms with E-state index in [1.165, 1.54) is 25.3 Å². The summed E-state index contributed by atoms with van der Waals surface area (Å²) < 4.78 is 5.32. The van der Waals surface area contributed by atoms with E-state index in [1.807, 2.05) is 13.0 Å². The van der Waals surface area contributed by atoms with Crippen molar-refractivity contribution in [3.8, 4) is 5.75 Å².